The highest BCUT2D eigenvalue weighted by molar-refractivity contribution is 7.99. The van der Waals surface area contributed by atoms with E-state index in [-0.39, 0.29) is 0 Å². The Labute approximate surface area is 91.3 Å². The third kappa shape index (κ3) is 3.72. The highest BCUT2D eigenvalue weighted by atomic mass is 32.2. The number of hydrogen-bond acceptors (Lipinski definition) is 2. The van der Waals surface area contributed by atoms with Gasteiger partial charge < -0.3 is 5.32 Å². The molecule has 14 heavy (non-hydrogen) atoms. The van der Waals surface area contributed by atoms with Crippen LogP contribution in [0.25, 0.3) is 0 Å². The van der Waals surface area contributed by atoms with Gasteiger partial charge in [-0.15, -0.1) is 11.8 Å². The molecule has 0 atom stereocenters. The van der Waals surface area contributed by atoms with Crippen LogP contribution < -0.4 is 5.32 Å². The molecule has 1 aromatic rings. The molecule has 0 aliphatic rings. The van der Waals surface area contributed by atoms with Gasteiger partial charge in [0, 0.05) is 11.4 Å². The number of rotatable bonds is 6. The Bertz CT molecular complexity index is 260. The van der Waals surface area contributed by atoms with Gasteiger partial charge in [0.25, 0.3) is 0 Å². The van der Waals surface area contributed by atoms with Crippen molar-refractivity contribution >= 4 is 11.8 Å². The molecule has 1 nitrogen and oxygen atoms in total. The van der Waals surface area contributed by atoms with E-state index in [1.165, 1.54) is 16.9 Å². The molecule has 1 rings (SSSR count). The molecule has 0 heterocycles. The maximum atomic E-state index is 3.44. The maximum absolute atomic E-state index is 3.44. The number of benzene rings is 1. The van der Waals surface area contributed by atoms with Crippen molar-refractivity contribution in [3.8, 4) is 0 Å². The average molecular weight is 209 g/mol. The summed E-state index contributed by atoms with van der Waals surface area (Å²) in [5.74, 6) is 1.14. The fourth-order valence-electron chi connectivity index (χ4n) is 1.35. The van der Waals surface area contributed by atoms with E-state index in [1.807, 2.05) is 11.8 Å². The molecule has 0 saturated carbocycles. The highest BCUT2D eigenvalue weighted by Gasteiger charge is 1.99. The summed E-state index contributed by atoms with van der Waals surface area (Å²) in [5.41, 5.74) is 1.42. The minimum absolute atomic E-state index is 0.997. The Morgan fingerprint density at radius 2 is 2.00 bits per heavy atom. The van der Waals surface area contributed by atoms with E-state index in [0.29, 0.717) is 0 Å². The molecule has 0 aliphatic carbocycles. The van der Waals surface area contributed by atoms with Gasteiger partial charge in [-0.3, -0.25) is 0 Å². The van der Waals surface area contributed by atoms with Crippen LogP contribution in [0.2, 0.25) is 0 Å². The molecule has 1 N–H and O–H groups in total. The second kappa shape index (κ2) is 6.91. The van der Waals surface area contributed by atoms with Crippen molar-refractivity contribution in [3.05, 3.63) is 29.8 Å². The lowest BCUT2D eigenvalue weighted by molar-refractivity contribution is 0.669. The van der Waals surface area contributed by atoms with Gasteiger partial charge in [0.2, 0.25) is 0 Å². The monoisotopic (exact) mass is 209 g/mol. The van der Waals surface area contributed by atoms with Gasteiger partial charge in [-0.1, -0.05) is 32.0 Å². The van der Waals surface area contributed by atoms with Gasteiger partial charge in [0.1, 0.15) is 0 Å². The summed E-state index contributed by atoms with van der Waals surface area (Å²) in [6, 6.07) is 8.64. The molecule has 0 aromatic heterocycles. The van der Waals surface area contributed by atoms with Gasteiger partial charge in [-0.25, -0.2) is 0 Å². The van der Waals surface area contributed by atoms with Gasteiger partial charge in [0.05, 0.1) is 0 Å². The maximum Gasteiger partial charge on any atom is 0.0216 e. The quantitative estimate of drug-likeness (QED) is 0.570. The van der Waals surface area contributed by atoms with Crippen LogP contribution in [0.1, 0.15) is 25.8 Å². The van der Waals surface area contributed by atoms with E-state index in [0.717, 1.165) is 18.8 Å². The van der Waals surface area contributed by atoms with Crippen molar-refractivity contribution in [3.63, 3.8) is 0 Å². The Hall–Kier alpha value is -0.470. The summed E-state index contributed by atoms with van der Waals surface area (Å²) in [5, 5.41) is 3.44. The number of nitrogens with one attached hydrogen (secondary N) is 1. The van der Waals surface area contributed by atoms with Gasteiger partial charge in [-0.05, 0) is 30.3 Å². The van der Waals surface area contributed by atoms with Crippen molar-refractivity contribution in [2.45, 2.75) is 31.7 Å². The lowest BCUT2D eigenvalue weighted by Gasteiger charge is -2.08. The Kier molecular flexibility index (Phi) is 5.72. The Balaban J connectivity index is 2.55. The van der Waals surface area contributed by atoms with E-state index >= 15 is 0 Å². The molecule has 0 bridgehead atoms. The third-order valence-corrected chi connectivity index (χ3v) is 3.01. The van der Waals surface area contributed by atoms with Crippen LogP contribution in [0.5, 0.6) is 0 Å². The molecular weight excluding hydrogens is 190 g/mol. The standard InChI is InChI=1S/C12H19NS/c1-3-9-13-10-11-7-5-6-8-12(11)14-4-2/h5-8,13H,3-4,9-10H2,1-2H3. The van der Waals surface area contributed by atoms with Crippen LogP contribution in [-0.4, -0.2) is 12.3 Å². The Morgan fingerprint density at radius 1 is 1.21 bits per heavy atom. The van der Waals surface area contributed by atoms with Crippen LogP contribution in [0.4, 0.5) is 0 Å². The van der Waals surface area contributed by atoms with E-state index in [4.69, 9.17) is 0 Å². The van der Waals surface area contributed by atoms with Crippen molar-refractivity contribution in [2.24, 2.45) is 0 Å². The minimum atomic E-state index is 0.997. The first-order valence-corrected chi connectivity index (χ1v) is 6.28. The molecule has 0 saturated heterocycles. The molecular formula is C12H19NS. The van der Waals surface area contributed by atoms with E-state index < -0.39 is 0 Å². The van der Waals surface area contributed by atoms with Gasteiger partial charge in [-0.2, -0.15) is 0 Å². The zero-order valence-electron chi connectivity index (χ0n) is 9.05. The second-order valence-electron chi connectivity index (χ2n) is 3.22. The van der Waals surface area contributed by atoms with Crippen LogP contribution in [-0.2, 0) is 6.54 Å². The third-order valence-electron chi connectivity index (χ3n) is 2.01. The normalized spacial score (nSPS) is 10.4. The molecule has 1 aromatic carbocycles. The average Bonchev–Trinajstić information content (AvgIpc) is 2.21. The van der Waals surface area contributed by atoms with Crippen molar-refractivity contribution in [1.82, 2.24) is 5.32 Å². The first-order chi connectivity index (χ1) is 6.88. The van der Waals surface area contributed by atoms with Crippen LogP contribution in [0, 0.1) is 0 Å². The largest absolute Gasteiger partial charge is 0.313 e. The minimum Gasteiger partial charge on any atom is -0.313 e. The van der Waals surface area contributed by atoms with E-state index in [2.05, 4.69) is 43.4 Å². The summed E-state index contributed by atoms with van der Waals surface area (Å²) in [7, 11) is 0. The van der Waals surface area contributed by atoms with Crippen LogP contribution in [0.15, 0.2) is 29.2 Å². The summed E-state index contributed by atoms with van der Waals surface area (Å²) in [6.07, 6.45) is 1.20. The lowest BCUT2D eigenvalue weighted by atomic mass is 10.2. The molecule has 0 fully saturated rings. The number of thioether (sulfide) groups is 1. The molecule has 0 unspecified atom stereocenters. The summed E-state index contributed by atoms with van der Waals surface area (Å²) < 4.78 is 0. The number of hydrogen-bond donors (Lipinski definition) is 1. The summed E-state index contributed by atoms with van der Waals surface area (Å²) in [6.45, 7) is 6.49. The molecule has 78 valence electrons. The predicted molar refractivity (Wildman–Crippen MR) is 64.8 cm³/mol. The highest BCUT2D eigenvalue weighted by Crippen LogP contribution is 2.21. The van der Waals surface area contributed by atoms with E-state index in [1.54, 1.807) is 0 Å². The summed E-state index contributed by atoms with van der Waals surface area (Å²) >= 11 is 1.92. The van der Waals surface area contributed by atoms with E-state index in [9.17, 15) is 0 Å². The van der Waals surface area contributed by atoms with Crippen molar-refractivity contribution < 1.29 is 0 Å². The molecule has 0 radical (unpaired) electrons. The first kappa shape index (κ1) is 11.6. The topological polar surface area (TPSA) is 12.0 Å². The van der Waals surface area contributed by atoms with Crippen molar-refractivity contribution in [1.29, 1.82) is 0 Å². The van der Waals surface area contributed by atoms with Gasteiger partial charge in [0.15, 0.2) is 0 Å². The molecule has 0 spiro atoms. The fourth-order valence-corrected chi connectivity index (χ4v) is 2.16. The molecule has 0 aliphatic heterocycles. The lowest BCUT2D eigenvalue weighted by Crippen LogP contribution is -2.14. The zero-order chi connectivity index (χ0) is 10.2. The first-order valence-electron chi connectivity index (χ1n) is 5.30. The molecule has 2 heteroatoms. The Morgan fingerprint density at radius 3 is 2.71 bits per heavy atom. The van der Waals surface area contributed by atoms with Crippen LogP contribution in [0.3, 0.4) is 0 Å². The SMILES string of the molecule is CCCNCc1ccccc1SCC. The zero-order valence-corrected chi connectivity index (χ0v) is 9.86. The van der Waals surface area contributed by atoms with Crippen LogP contribution >= 0.6 is 11.8 Å². The molecule has 0 amide bonds. The second-order valence-corrected chi connectivity index (χ2v) is 4.52. The van der Waals surface area contributed by atoms with Gasteiger partial charge >= 0.3 is 0 Å². The fraction of sp³-hybridized carbons (Fsp3) is 0.500. The van der Waals surface area contributed by atoms with Crippen molar-refractivity contribution in [2.75, 3.05) is 12.3 Å². The predicted octanol–water partition coefficient (Wildman–Crippen LogP) is 3.30. The smallest absolute Gasteiger partial charge is 0.0216 e. The summed E-state index contributed by atoms with van der Waals surface area (Å²) in [4.78, 5) is 1.42.